The highest BCUT2D eigenvalue weighted by molar-refractivity contribution is 7.15. The molecule has 0 amide bonds. The Morgan fingerprint density at radius 1 is 1.26 bits per heavy atom. The van der Waals surface area contributed by atoms with E-state index < -0.39 is 6.10 Å². The first-order chi connectivity index (χ1) is 8.99. The average molecular weight is 282 g/mol. The van der Waals surface area contributed by atoms with E-state index in [2.05, 4.69) is 23.7 Å². The molecule has 2 atom stereocenters. The predicted molar refractivity (Wildman–Crippen MR) is 81.9 cm³/mol. The molecule has 108 valence electrons. The zero-order valence-corrected chi connectivity index (χ0v) is 13.3. The van der Waals surface area contributed by atoms with Crippen LogP contribution in [0.15, 0.2) is 0 Å². The maximum absolute atomic E-state index is 9.74. The minimum atomic E-state index is -0.401. The lowest BCUT2D eigenvalue weighted by Gasteiger charge is -2.20. The molecule has 1 aliphatic heterocycles. The van der Waals surface area contributed by atoms with Crippen molar-refractivity contribution in [2.45, 2.75) is 53.1 Å². The Labute approximate surface area is 120 Å². The van der Waals surface area contributed by atoms with Crippen molar-refractivity contribution >= 4 is 16.5 Å². The summed E-state index contributed by atoms with van der Waals surface area (Å²) in [5.74, 6) is 1.63. The molecular weight excluding hydrogens is 256 g/mol. The summed E-state index contributed by atoms with van der Waals surface area (Å²) in [6, 6.07) is 0. The molecule has 2 heterocycles. The Morgan fingerprint density at radius 2 is 2.00 bits per heavy atom. The van der Waals surface area contributed by atoms with Crippen LogP contribution in [-0.2, 0) is 0 Å². The number of aliphatic hydroxyl groups excluding tert-OH is 1. The highest BCUT2D eigenvalue weighted by Crippen LogP contribution is 2.33. The Morgan fingerprint density at radius 3 is 2.58 bits per heavy atom. The first-order valence-corrected chi connectivity index (χ1v) is 8.21. The van der Waals surface area contributed by atoms with Gasteiger partial charge < -0.3 is 10.0 Å². The Hall–Kier alpha value is -0.610. The van der Waals surface area contributed by atoms with E-state index in [0.717, 1.165) is 40.6 Å². The smallest absolute Gasteiger partial charge is 0.185 e. The molecule has 1 aromatic rings. The van der Waals surface area contributed by atoms with E-state index in [1.807, 2.05) is 13.8 Å². The van der Waals surface area contributed by atoms with Crippen LogP contribution >= 0.6 is 11.3 Å². The fourth-order valence-electron chi connectivity index (χ4n) is 2.90. The number of anilines is 1. The third-order valence-electron chi connectivity index (χ3n) is 4.19. The summed E-state index contributed by atoms with van der Waals surface area (Å²) in [6.07, 6.45) is 3.45. The lowest BCUT2D eigenvalue weighted by atomic mass is 9.89. The Balaban J connectivity index is 2.08. The van der Waals surface area contributed by atoms with Crippen LogP contribution in [0.5, 0.6) is 0 Å². The fraction of sp³-hybridized carbons (Fsp3) is 0.800. The van der Waals surface area contributed by atoms with Gasteiger partial charge in [0.15, 0.2) is 5.13 Å². The molecule has 3 nitrogen and oxygen atoms in total. The maximum Gasteiger partial charge on any atom is 0.185 e. The fourth-order valence-corrected chi connectivity index (χ4v) is 3.95. The van der Waals surface area contributed by atoms with Crippen LogP contribution in [0.2, 0.25) is 0 Å². The van der Waals surface area contributed by atoms with Gasteiger partial charge in [0.2, 0.25) is 0 Å². The van der Waals surface area contributed by atoms with Crippen molar-refractivity contribution in [1.82, 2.24) is 4.98 Å². The average Bonchev–Trinajstić information content (AvgIpc) is 2.59. The molecule has 1 fully saturated rings. The highest BCUT2D eigenvalue weighted by atomic mass is 32.1. The first kappa shape index (κ1) is 14.8. The van der Waals surface area contributed by atoms with E-state index in [1.165, 1.54) is 19.3 Å². The summed E-state index contributed by atoms with van der Waals surface area (Å²) in [6.45, 7) is 10.7. The van der Waals surface area contributed by atoms with Crippen molar-refractivity contribution in [1.29, 1.82) is 0 Å². The Bertz CT molecular complexity index is 414. The van der Waals surface area contributed by atoms with Crippen molar-refractivity contribution in [2.24, 2.45) is 11.8 Å². The molecule has 0 bridgehead atoms. The second-order valence-electron chi connectivity index (χ2n) is 6.04. The monoisotopic (exact) mass is 282 g/mol. The summed E-state index contributed by atoms with van der Waals surface area (Å²) in [4.78, 5) is 8.07. The number of hydrogen-bond donors (Lipinski definition) is 1. The predicted octanol–water partition coefficient (Wildman–Crippen LogP) is 3.77. The van der Waals surface area contributed by atoms with Crippen LogP contribution in [0.4, 0.5) is 5.13 Å². The van der Waals surface area contributed by atoms with Crippen LogP contribution in [0.25, 0.3) is 0 Å². The van der Waals surface area contributed by atoms with E-state index in [4.69, 9.17) is 0 Å². The van der Waals surface area contributed by atoms with Gasteiger partial charge in [0.05, 0.1) is 16.7 Å². The minimum Gasteiger partial charge on any atom is -0.388 e. The summed E-state index contributed by atoms with van der Waals surface area (Å²) in [5, 5.41) is 10.8. The Kier molecular flexibility index (Phi) is 4.85. The largest absolute Gasteiger partial charge is 0.388 e. The van der Waals surface area contributed by atoms with Crippen molar-refractivity contribution in [3.8, 4) is 0 Å². The van der Waals surface area contributed by atoms with Gasteiger partial charge in [-0.3, -0.25) is 0 Å². The number of thiazole rings is 1. The summed E-state index contributed by atoms with van der Waals surface area (Å²) >= 11 is 1.66. The van der Waals surface area contributed by atoms with Crippen molar-refractivity contribution in [3.63, 3.8) is 0 Å². The van der Waals surface area contributed by atoms with Crippen molar-refractivity contribution < 1.29 is 5.11 Å². The topological polar surface area (TPSA) is 36.4 Å². The summed E-state index contributed by atoms with van der Waals surface area (Å²) in [5.41, 5.74) is 0.986. The van der Waals surface area contributed by atoms with Crippen LogP contribution in [0.3, 0.4) is 0 Å². The van der Waals surface area contributed by atoms with Gasteiger partial charge in [-0.05, 0) is 44.9 Å². The van der Waals surface area contributed by atoms with E-state index >= 15 is 0 Å². The molecule has 0 aromatic carbocycles. The molecule has 2 rings (SSSR count). The van der Waals surface area contributed by atoms with Crippen molar-refractivity contribution in [3.05, 3.63) is 10.6 Å². The zero-order valence-electron chi connectivity index (χ0n) is 12.5. The van der Waals surface area contributed by atoms with Gasteiger partial charge >= 0.3 is 0 Å². The van der Waals surface area contributed by atoms with Gasteiger partial charge in [0, 0.05) is 13.1 Å². The minimum absolute atomic E-state index is 0.401. The first-order valence-electron chi connectivity index (χ1n) is 7.39. The van der Waals surface area contributed by atoms with Gasteiger partial charge in [0.25, 0.3) is 0 Å². The molecule has 4 heteroatoms. The van der Waals surface area contributed by atoms with Gasteiger partial charge in [-0.2, -0.15) is 0 Å². The lowest BCUT2D eigenvalue weighted by molar-refractivity contribution is 0.202. The van der Waals surface area contributed by atoms with Crippen molar-refractivity contribution in [2.75, 3.05) is 18.0 Å². The van der Waals surface area contributed by atoms with Crippen LogP contribution in [0, 0.1) is 18.8 Å². The number of nitrogens with zero attached hydrogens (tertiary/aromatic N) is 2. The van der Waals surface area contributed by atoms with Crippen LogP contribution in [0.1, 0.15) is 56.7 Å². The van der Waals surface area contributed by atoms with E-state index in [0.29, 0.717) is 0 Å². The van der Waals surface area contributed by atoms with Gasteiger partial charge in [0.1, 0.15) is 0 Å². The van der Waals surface area contributed by atoms with E-state index in [-0.39, 0.29) is 0 Å². The number of aromatic nitrogens is 1. The second-order valence-corrected chi connectivity index (χ2v) is 7.05. The zero-order chi connectivity index (χ0) is 14.0. The quantitative estimate of drug-likeness (QED) is 0.917. The number of hydrogen-bond acceptors (Lipinski definition) is 4. The van der Waals surface area contributed by atoms with Gasteiger partial charge in [-0.15, -0.1) is 0 Å². The molecule has 1 saturated heterocycles. The second kappa shape index (κ2) is 6.23. The summed E-state index contributed by atoms with van der Waals surface area (Å²) in [7, 11) is 0. The van der Waals surface area contributed by atoms with Crippen LogP contribution in [-0.4, -0.2) is 23.2 Å². The normalized spacial score (nSPS) is 22.6. The maximum atomic E-state index is 9.74. The molecule has 0 saturated carbocycles. The number of aliphatic hydroxyl groups is 1. The van der Waals surface area contributed by atoms with Gasteiger partial charge in [-0.25, -0.2) is 4.98 Å². The highest BCUT2D eigenvalue weighted by Gasteiger charge is 2.22. The standard InChI is InChI=1S/C15H26N2OS/c1-10(2)13-6-5-8-17(9-7-13)15-16-11(3)14(19-15)12(4)18/h10,12-13,18H,5-9H2,1-4H3. The molecule has 19 heavy (non-hydrogen) atoms. The number of aryl methyl sites for hydroxylation is 1. The third kappa shape index (κ3) is 3.48. The molecule has 1 aromatic heterocycles. The number of rotatable bonds is 3. The SMILES string of the molecule is Cc1nc(N2CCCC(C(C)C)CC2)sc1C(C)O. The van der Waals surface area contributed by atoms with Gasteiger partial charge in [-0.1, -0.05) is 25.2 Å². The molecule has 1 N–H and O–H groups in total. The third-order valence-corrected chi connectivity index (χ3v) is 5.58. The molecule has 1 aliphatic rings. The molecule has 0 spiro atoms. The van der Waals surface area contributed by atoms with E-state index in [1.54, 1.807) is 11.3 Å². The lowest BCUT2D eigenvalue weighted by Crippen LogP contribution is -2.24. The van der Waals surface area contributed by atoms with Crippen LogP contribution < -0.4 is 4.90 Å². The molecule has 0 aliphatic carbocycles. The molecule has 0 radical (unpaired) electrons. The molecular formula is C15H26N2OS. The molecule has 2 unspecified atom stereocenters. The summed E-state index contributed by atoms with van der Waals surface area (Å²) < 4.78 is 0. The van der Waals surface area contributed by atoms with E-state index in [9.17, 15) is 5.11 Å².